The number of rotatable bonds is 3. The van der Waals surface area contributed by atoms with Gasteiger partial charge in [-0.2, -0.15) is 0 Å². The summed E-state index contributed by atoms with van der Waals surface area (Å²) in [6.07, 6.45) is 7.05. The van der Waals surface area contributed by atoms with Crippen LogP contribution >= 0.6 is 0 Å². The molecule has 0 amide bonds. The highest BCUT2D eigenvalue weighted by molar-refractivity contribution is 5.96. The first-order valence-electron chi connectivity index (χ1n) is 8.84. The van der Waals surface area contributed by atoms with Gasteiger partial charge in [0.25, 0.3) is 0 Å². The highest BCUT2D eigenvalue weighted by Crippen LogP contribution is 2.59. The Bertz CT molecular complexity index is 729. The molecule has 4 unspecified atom stereocenters. The van der Waals surface area contributed by atoms with Crippen LogP contribution in [0.15, 0.2) is 34.2 Å². The smallest absolute Gasteiger partial charge is 0.316 e. The molecule has 0 saturated carbocycles. The van der Waals surface area contributed by atoms with E-state index in [4.69, 9.17) is 9.15 Å². The molecule has 0 radical (unpaired) electrons. The Morgan fingerprint density at radius 1 is 1.33 bits per heavy atom. The fraction of sp³-hybridized carbons (Fsp3) is 0.600. The number of ether oxygens (including phenoxy) is 1. The minimum Gasteiger partial charge on any atom is -0.472 e. The number of carbonyl (C=O) groups is 2. The van der Waals surface area contributed by atoms with Crippen LogP contribution in [0.4, 0.5) is 0 Å². The van der Waals surface area contributed by atoms with Crippen LogP contribution < -0.4 is 0 Å². The third-order valence-electron chi connectivity index (χ3n) is 6.80. The molecule has 0 aromatic carbocycles. The van der Waals surface area contributed by atoms with Crippen molar-refractivity contribution < 1.29 is 18.7 Å². The zero-order chi connectivity index (χ0) is 17.1. The number of Topliss-reactive ketones (excluding diaryl/α,β-unsaturated/α-hetero) is 1. The van der Waals surface area contributed by atoms with E-state index in [0.29, 0.717) is 17.9 Å². The van der Waals surface area contributed by atoms with Crippen LogP contribution in [0.25, 0.3) is 0 Å². The number of hydrogen-bond donors (Lipinski definition) is 0. The van der Waals surface area contributed by atoms with Gasteiger partial charge in [-0.25, -0.2) is 0 Å². The summed E-state index contributed by atoms with van der Waals surface area (Å²) in [7, 11) is 0. The second-order valence-electron chi connectivity index (χ2n) is 8.19. The van der Waals surface area contributed by atoms with Gasteiger partial charge < -0.3 is 9.15 Å². The summed E-state index contributed by atoms with van der Waals surface area (Å²) < 4.78 is 10.7. The lowest BCUT2D eigenvalue weighted by Crippen LogP contribution is -2.41. The Hall–Kier alpha value is -1.84. The lowest BCUT2D eigenvalue weighted by Gasteiger charge is -2.47. The van der Waals surface area contributed by atoms with Crippen molar-refractivity contribution in [1.29, 1.82) is 0 Å². The highest BCUT2D eigenvalue weighted by Gasteiger charge is 2.56. The molecule has 1 saturated heterocycles. The Morgan fingerprint density at radius 2 is 2.12 bits per heavy atom. The molecule has 1 aromatic rings. The van der Waals surface area contributed by atoms with E-state index in [1.165, 1.54) is 17.4 Å². The summed E-state index contributed by atoms with van der Waals surface area (Å²) in [5.74, 6) is 0.445. The topological polar surface area (TPSA) is 56.5 Å². The normalized spacial score (nSPS) is 38.0. The molecule has 2 aliphatic carbocycles. The standard InChI is InChI=1S/C20H24O4/c1-12-4-5-15-16(8-14-9-20(15,3)18(22)24-14)19(12,2)10-17(21)13-6-7-23-11-13/h6-7,11-12,14H,4-5,8-10H2,1-3H3. The molecule has 3 aliphatic rings. The first-order valence-corrected chi connectivity index (χ1v) is 8.84. The molecule has 4 heteroatoms. The number of fused-ring (bicyclic) bond motifs is 3. The molecule has 1 aromatic heterocycles. The van der Waals surface area contributed by atoms with E-state index in [2.05, 4.69) is 13.8 Å². The number of ketones is 1. The minimum absolute atomic E-state index is 0.0186. The van der Waals surface area contributed by atoms with Crippen LogP contribution in [-0.2, 0) is 9.53 Å². The Morgan fingerprint density at radius 3 is 2.83 bits per heavy atom. The van der Waals surface area contributed by atoms with Crippen LogP contribution in [0.3, 0.4) is 0 Å². The summed E-state index contributed by atoms with van der Waals surface area (Å²) in [6, 6.07) is 1.73. The van der Waals surface area contributed by atoms with Crippen LogP contribution in [0.1, 0.15) is 63.2 Å². The van der Waals surface area contributed by atoms with Crippen molar-refractivity contribution in [3.05, 3.63) is 35.3 Å². The maximum Gasteiger partial charge on any atom is 0.316 e. The molecule has 128 valence electrons. The molecule has 4 nitrogen and oxygen atoms in total. The maximum absolute atomic E-state index is 12.7. The van der Waals surface area contributed by atoms with Crippen LogP contribution in [0, 0.1) is 16.7 Å². The van der Waals surface area contributed by atoms with Gasteiger partial charge in [0.1, 0.15) is 12.4 Å². The number of hydrogen-bond acceptors (Lipinski definition) is 4. The molecule has 2 heterocycles. The van der Waals surface area contributed by atoms with E-state index in [1.54, 1.807) is 12.3 Å². The second-order valence-corrected chi connectivity index (χ2v) is 8.19. The first kappa shape index (κ1) is 15.7. The first-order chi connectivity index (χ1) is 11.3. The quantitative estimate of drug-likeness (QED) is 0.471. The summed E-state index contributed by atoms with van der Waals surface area (Å²) in [4.78, 5) is 25.1. The summed E-state index contributed by atoms with van der Waals surface area (Å²) in [5, 5.41) is 0. The average molecular weight is 328 g/mol. The Balaban J connectivity index is 1.75. The van der Waals surface area contributed by atoms with Gasteiger partial charge in [-0.05, 0) is 37.2 Å². The fourth-order valence-electron chi connectivity index (χ4n) is 5.03. The van der Waals surface area contributed by atoms with E-state index in [0.717, 1.165) is 25.7 Å². The van der Waals surface area contributed by atoms with Crippen molar-refractivity contribution in [3.63, 3.8) is 0 Å². The maximum atomic E-state index is 12.7. The van der Waals surface area contributed by atoms with Gasteiger partial charge in [0.15, 0.2) is 5.78 Å². The zero-order valence-corrected chi connectivity index (χ0v) is 14.6. The monoisotopic (exact) mass is 328 g/mol. The molecule has 0 spiro atoms. The minimum atomic E-state index is -0.474. The van der Waals surface area contributed by atoms with E-state index in [9.17, 15) is 9.59 Å². The van der Waals surface area contributed by atoms with Gasteiger partial charge in [0, 0.05) is 19.3 Å². The Kier molecular flexibility index (Phi) is 3.32. The van der Waals surface area contributed by atoms with E-state index in [1.807, 2.05) is 6.92 Å². The molecular formula is C20H24O4. The van der Waals surface area contributed by atoms with E-state index in [-0.39, 0.29) is 23.3 Å². The van der Waals surface area contributed by atoms with Crippen molar-refractivity contribution in [1.82, 2.24) is 0 Å². The predicted octanol–water partition coefficient (Wildman–Crippen LogP) is 4.31. The van der Waals surface area contributed by atoms with Crippen LogP contribution in [-0.4, -0.2) is 17.9 Å². The van der Waals surface area contributed by atoms with Crippen LogP contribution in [0.5, 0.6) is 0 Å². The third kappa shape index (κ3) is 2.04. The SMILES string of the molecule is CC1CCC2=C(CC3CC2(C)C(=O)O3)C1(C)CC(=O)c1ccoc1. The summed E-state index contributed by atoms with van der Waals surface area (Å²) >= 11 is 0. The number of esters is 1. The van der Waals surface area contributed by atoms with Crippen molar-refractivity contribution in [3.8, 4) is 0 Å². The molecule has 24 heavy (non-hydrogen) atoms. The van der Waals surface area contributed by atoms with Gasteiger partial charge in [-0.1, -0.05) is 25.0 Å². The molecule has 1 fully saturated rings. The molecule has 1 aliphatic heterocycles. The predicted molar refractivity (Wildman–Crippen MR) is 88.4 cm³/mol. The summed E-state index contributed by atoms with van der Waals surface area (Å²) in [6.45, 7) is 6.45. The lowest BCUT2D eigenvalue weighted by molar-refractivity contribution is -0.146. The molecule has 2 bridgehead atoms. The van der Waals surface area contributed by atoms with Gasteiger partial charge in [-0.15, -0.1) is 0 Å². The molecule has 4 atom stereocenters. The molecule has 4 rings (SSSR count). The van der Waals surface area contributed by atoms with Gasteiger partial charge in [0.2, 0.25) is 0 Å². The Labute approximate surface area is 142 Å². The zero-order valence-electron chi connectivity index (χ0n) is 14.6. The number of furan rings is 1. The van der Waals surface area contributed by atoms with E-state index < -0.39 is 5.41 Å². The van der Waals surface area contributed by atoms with Gasteiger partial charge in [-0.3, -0.25) is 9.59 Å². The van der Waals surface area contributed by atoms with Gasteiger partial charge >= 0.3 is 5.97 Å². The van der Waals surface area contributed by atoms with Crippen molar-refractivity contribution >= 4 is 11.8 Å². The third-order valence-corrected chi connectivity index (χ3v) is 6.80. The second kappa shape index (κ2) is 5.08. The van der Waals surface area contributed by atoms with Crippen LogP contribution in [0.2, 0.25) is 0 Å². The largest absolute Gasteiger partial charge is 0.472 e. The number of carbonyl (C=O) groups excluding carboxylic acids is 2. The van der Waals surface area contributed by atoms with E-state index >= 15 is 0 Å². The van der Waals surface area contributed by atoms with Crippen molar-refractivity contribution in [2.75, 3.05) is 0 Å². The van der Waals surface area contributed by atoms with Crippen molar-refractivity contribution in [2.24, 2.45) is 16.7 Å². The molecular weight excluding hydrogens is 304 g/mol. The molecule has 0 N–H and O–H groups in total. The fourth-order valence-corrected chi connectivity index (χ4v) is 5.03. The van der Waals surface area contributed by atoms with Gasteiger partial charge in [0.05, 0.1) is 17.2 Å². The van der Waals surface area contributed by atoms with Crippen molar-refractivity contribution in [2.45, 2.75) is 59.0 Å². The highest BCUT2D eigenvalue weighted by atomic mass is 16.6. The summed E-state index contributed by atoms with van der Waals surface area (Å²) in [5.41, 5.74) is 2.51. The lowest BCUT2D eigenvalue weighted by atomic mass is 9.55. The average Bonchev–Trinajstić information content (AvgIpc) is 3.12.